The first kappa shape index (κ1) is 12.7. The van der Waals surface area contributed by atoms with Gasteiger partial charge in [0.25, 0.3) is 0 Å². The van der Waals surface area contributed by atoms with Crippen molar-refractivity contribution >= 4 is 17.6 Å². The highest BCUT2D eigenvalue weighted by molar-refractivity contribution is 5.96. The third kappa shape index (κ3) is 2.82. The van der Waals surface area contributed by atoms with E-state index in [9.17, 15) is 9.59 Å². The normalized spacial score (nSPS) is 11.4. The molecule has 1 atom stereocenters. The summed E-state index contributed by atoms with van der Waals surface area (Å²) in [5, 5.41) is 17.4. The van der Waals surface area contributed by atoms with Gasteiger partial charge in [0.05, 0.1) is 11.6 Å². The first-order valence-electron chi connectivity index (χ1n) is 4.98. The Labute approximate surface area is 98.9 Å². The molecule has 1 amide bonds. The molecule has 0 bridgehead atoms. The van der Waals surface area contributed by atoms with Crippen molar-refractivity contribution in [3.63, 3.8) is 0 Å². The maximum absolute atomic E-state index is 11.7. The maximum Gasteiger partial charge on any atom is 0.335 e. The average Bonchev–Trinajstić information content (AvgIpc) is 2.36. The Morgan fingerprint density at radius 3 is 2.29 bits per heavy atom. The molecule has 0 radical (unpaired) electrons. The summed E-state index contributed by atoms with van der Waals surface area (Å²) >= 11 is 0. The molecule has 1 N–H and O–H groups in total. The van der Waals surface area contributed by atoms with Crippen LogP contribution in [0, 0.1) is 17.2 Å². The van der Waals surface area contributed by atoms with Crippen molar-refractivity contribution in [2.24, 2.45) is 5.92 Å². The van der Waals surface area contributed by atoms with E-state index in [1.807, 2.05) is 6.07 Å². The van der Waals surface area contributed by atoms with Crippen LogP contribution < -0.4 is 4.90 Å². The molecule has 5 nitrogen and oxygen atoms in total. The number of nitrogens with zero attached hydrogens (tertiary/aromatic N) is 2. The van der Waals surface area contributed by atoms with Crippen molar-refractivity contribution in [2.75, 3.05) is 11.9 Å². The zero-order valence-corrected chi connectivity index (χ0v) is 9.54. The van der Waals surface area contributed by atoms with Crippen LogP contribution in [0.15, 0.2) is 24.3 Å². The first-order chi connectivity index (χ1) is 7.97. The second-order valence-electron chi connectivity index (χ2n) is 3.60. The second-order valence-corrected chi connectivity index (χ2v) is 3.60. The maximum atomic E-state index is 11.7. The van der Waals surface area contributed by atoms with Gasteiger partial charge in [0, 0.05) is 12.7 Å². The van der Waals surface area contributed by atoms with Crippen LogP contribution in [0.1, 0.15) is 17.3 Å². The van der Waals surface area contributed by atoms with E-state index >= 15 is 0 Å². The Balaban J connectivity index is 2.91. The Hall–Kier alpha value is -2.35. The summed E-state index contributed by atoms with van der Waals surface area (Å²) in [4.78, 5) is 23.7. The molecule has 0 spiro atoms. The van der Waals surface area contributed by atoms with Crippen molar-refractivity contribution in [2.45, 2.75) is 6.92 Å². The lowest BCUT2D eigenvalue weighted by atomic mass is 10.1. The van der Waals surface area contributed by atoms with Crippen LogP contribution in [0.2, 0.25) is 0 Å². The van der Waals surface area contributed by atoms with Gasteiger partial charge in [0.15, 0.2) is 0 Å². The lowest BCUT2D eigenvalue weighted by Crippen LogP contribution is -2.30. The molecule has 1 rings (SSSR count). The summed E-state index contributed by atoms with van der Waals surface area (Å²) in [6.45, 7) is 1.52. The van der Waals surface area contributed by atoms with Gasteiger partial charge < -0.3 is 10.0 Å². The average molecular weight is 232 g/mol. The van der Waals surface area contributed by atoms with E-state index in [0.717, 1.165) is 0 Å². The molecule has 17 heavy (non-hydrogen) atoms. The van der Waals surface area contributed by atoms with Crippen molar-refractivity contribution in [3.05, 3.63) is 29.8 Å². The van der Waals surface area contributed by atoms with Gasteiger partial charge in [0.2, 0.25) is 5.91 Å². The van der Waals surface area contributed by atoms with Gasteiger partial charge in [-0.15, -0.1) is 0 Å². The number of hydrogen-bond donors (Lipinski definition) is 1. The van der Waals surface area contributed by atoms with Crippen molar-refractivity contribution in [3.8, 4) is 6.07 Å². The first-order valence-corrected chi connectivity index (χ1v) is 4.98. The Morgan fingerprint density at radius 1 is 1.35 bits per heavy atom. The van der Waals surface area contributed by atoms with E-state index in [-0.39, 0.29) is 11.5 Å². The molecule has 0 aromatic heterocycles. The molecule has 0 aliphatic carbocycles. The summed E-state index contributed by atoms with van der Waals surface area (Å²) in [6.07, 6.45) is 0. The summed E-state index contributed by atoms with van der Waals surface area (Å²) in [6, 6.07) is 7.76. The van der Waals surface area contributed by atoms with E-state index in [1.54, 1.807) is 7.05 Å². The minimum absolute atomic E-state index is 0.155. The van der Waals surface area contributed by atoms with Crippen LogP contribution in [0.3, 0.4) is 0 Å². The van der Waals surface area contributed by atoms with Gasteiger partial charge >= 0.3 is 5.97 Å². The van der Waals surface area contributed by atoms with E-state index in [1.165, 1.54) is 36.1 Å². The number of hydrogen-bond acceptors (Lipinski definition) is 3. The van der Waals surface area contributed by atoms with Crippen LogP contribution >= 0.6 is 0 Å². The number of aromatic carboxylic acids is 1. The van der Waals surface area contributed by atoms with E-state index in [4.69, 9.17) is 10.4 Å². The number of carboxylic acids is 1. The van der Waals surface area contributed by atoms with E-state index < -0.39 is 11.9 Å². The molecule has 0 aliphatic heterocycles. The Bertz CT molecular complexity index is 474. The molecular formula is C12H12N2O3. The van der Waals surface area contributed by atoms with Crippen molar-refractivity contribution in [1.82, 2.24) is 0 Å². The van der Waals surface area contributed by atoms with Gasteiger partial charge in [-0.1, -0.05) is 0 Å². The van der Waals surface area contributed by atoms with E-state index in [2.05, 4.69) is 0 Å². The number of carboxylic acid groups (broad SMARTS) is 1. The third-order valence-corrected chi connectivity index (χ3v) is 2.40. The molecule has 0 heterocycles. The molecule has 1 aromatic rings. The summed E-state index contributed by atoms with van der Waals surface area (Å²) in [5.74, 6) is -2.06. The zero-order valence-electron chi connectivity index (χ0n) is 9.54. The predicted molar refractivity (Wildman–Crippen MR) is 61.6 cm³/mol. The Morgan fingerprint density at radius 2 is 1.88 bits per heavy atom. The quantitative estimate of drug-likeness (QED) is 0.856. The third-order valence-electron chi connectivity index (χ3n) is 2.40. The van der Waals surface area contributed by atoms with Gasteiger partial charge in [-0.2, -0.15) is 5.26 Å². The SMILES string of the molecule is CC(C#N)C(=O)N(C)c1ccc(C(=O)O)cc1. The molecule has 5 heteroatoms. The number of carbonyl (C=O) groups is 2. The molecular weight excluding hydrogens is 220 g/mol. The molecule has 0 saturated carbocycles. The zero-order chi connectivity index (χ0) is 13.0. The molecule has 0 aliphatic rings. The number of nitriles is 1. The number of rotatable bonds is 3. The molecule has 0 saturated heterocycles. The van der Waals surface area contributed by atoms with Gasteiger partial charge in [0.1, 0.15) is 5.92 Å². The minimum Gasteiger partial charge on any atom is -0.478 e. The van der Waals surface area contributed by atoms with Crippen molar-refractivity contribution < 1.29 is 14.7 Å². The van der Waals surface area contributed by atoms with Crippen LogP contribution in [0.4, 0.5) is 5.69 Å². The predicted octanol–water partition coefficient (Wildman–Crippen LogP) is 1.51. The molecule has 1 aromatic carbocycles. The number of benzene rings is 1. The topological polar surface area (TPSA) is 81.4 Å². The summed E-state index contributed by atoms with van der Waals surface area (Å²) < 4.78 is 0. The highest BCUT2D eigenvalue weighted by Gasteiger charge is 2.18. The van der Waals surface area contributed by atoms with Crippen LogP contribution in [0.5, 0.6) is 0 Å². The number of amides is 1. The highest BCUT2D eigenvalue weighted by atomic mass is 16.4. The fourth-order valence-corrected chi connectivity index (χ4v) is 1.30. The lowest BCUT2D eigenvalue weighted by molar-refractivity contribution is -0.120. The van der Waals surface area contributed by atoms with Crippen LogP contribution in [-0.4, -0.2) is 24.0 Å². The molecule has 1 unspecified atom stereocenters. The number of anilines is 1. The van der Waals surface area contributed by atoms with Gasteiger partial charge in [-0.3, -0.25) is 4.79 Å². The van der Waals surface area contributed by atoms with Crippen LogP contribution in [-0.2, 0) is 4.79 Å². The molecule has 0 fully saturated rings. The molecule has 88 valence electrons. The fourth-order valence-electron chi connectivity index (χ4n) is 1.30. The summed E-state index contributed by atoms with van der Waals surface area (Å²) in [5.41, 5.74) is 0.713. The van der Waals surface area contributed by atoms with Gasteiger partial charge in [-0.25, -0.2) is 4.79 Å². The fraction of sp³-hybridized carbons (Fsp3) is 0.250. The largest absolute Gasteiger partial charge is 0.478 e. The smallest absolute Gasteiger partial charge is 0.335 e. The Kier molecular flexibility index (Phi) is 3.83. The lowest BCUT2D eigenvalue weighted by Gasteiger charge is -2.18. The minimum atomic E-state index is -1.02. The van der Waals surface area contributed by atoms with E-state index in [0.29, 0.717) is 5.69 Å². The van der Waals surface area contributed by atoms with Crippen LogP contribution in [0.25, 0.3) is 0 Å². The summed E-state index contributed by atoms with van der Waals surface area (Å²) in [7, 11) is 1.55. The highest BCUT2D eigenvalue weighted by Crippen LogP contribution is 2.16. The van der Waals surface area contributed by atoms with Crippen molar-refractivity contribution in [1.29, 1.82) is 5.26 Å². The number of carbonyl (C=O) groups excluding carboxylic acids is 1. The monoisotopic (exact) mass is 232 g/mol. The second kappa shape index (κ2) is 5.12. The van der Waals surface area contributed by atoms with Gasteiger partial charge in [-0.05, 0) is 31.2 Å². The standard InChI is InChI=1S/C12H12N2O3/c1-8(7-13)11(15)14(2)10-5-3-9(4-6-10)12(16)17/h3-6,8H,1-2H3,(H,16,17).